The van der Waals surface area contributed by atoms with Crippen LogP contribution in [-0.2, 0) is 26.2 Å². The SMILES string of the molecule is CC(C)(C)OC(=O)[C@@H](N)Cc1cccc(S(=O)(=O)F)c1. The number of carbonyl (C=O) groups is 1. The van der Waals surface area contributed by atoms with Crippen molar-refractivity contribution in [3.63, 3.8) is 0 Å². The Morgan fingerprint density at radius 1 is 1.40 bits per heavy atom. The molecule has 0 aliphatic heterocycles. The van der Waals surface area contributed by atoms with Gasteiger partial charge in [0.15, 0.2) is 0 Å². The second-order valence-corrected chi connectivity index (χ2v) is 6.78. The molecule has 0 saturated heterocycles. The van der Waals surface area contributed by atoms with Gasteiger partial charge >= 0.3 is 16.2 Å². The van der Waals surface area contributed by atoms with Crippen LogP contribution in [0.15, 0.2) is 29.2 Å². The molecule has 2 N–H and O–H groups in total. The average Bonchev–Trinajstić information content (AvgIpc) is 2.25. The Balaban J connectivity index is 2.81. The fraction of sp³-hybridized carbons (Fsp3) is 0.462. The van der Waals surface area contributed by atoms with Gasteiger partial charge in [-0.3, -0.25) is 4.79 Å². The second kappa shape index (κ2) is 5.88. The molecule has 0 saturated carbocycles. The van der Waals surface area contributed by atoms with Crippen molar-refractivity contribution in [2.24, 2.45) is 5.73 Å². The summed E-state index contributed by atoms with van der Waals surface area (Å²) in [6, 6.07) is 4.31. The van der Waals surface area contributed by atoms with E-state index in [0.29, 0.717) is 5.56 Å². The number of ether oxygens (including phenoxy) is 1. The molecule has 0 unspecified atom stereocenters. The normalized spacial score (nSPS) is 13.8. The van der Waals surface area contributed by atoms with Gasteiger partial charge in [0.2, 0.25) is 0 Å². The maximum atomic E-state index is 12.9. The number of hydrogen-bond donors (Lipinski definition) is 1. The average molecular weight is 303 g/mol. The molecular formula is C13H18FNO4S. The Kier molecular flexibility index (Phi) is 4.88. The zero-order valence-electron chi connectivity index (χ0n) is 11.6. The van der Waals surface area contributed by atoms with E-state index in [0.717, 1.165) is 12.1 Å². The fourth-order valence-corrected chi connectivity index (χ4v) is 2.07. The maximum Gasteiger partial charge on any atom is 0.332 e. The highest BCUT2D eigenvalue weighted by Crippen LogP contribution is 2.16. The number of rotatable bonds is 4. The van der Waals surface area contributed by atoms with Crippen LogP contribution in [0.4, 0.5) is 3.89 Å². The van der Waals surface area contributed by atoms with E-state index < -0.39 is 32.7 Å². The van der Waals surface area contributed by atoms with Crippen molar-refractivity contribution in [2.75, 3.05) is 0 Å². The minimum Gasteiger partial charge on any atom is -0.459 e. The van der Waals surface area contributed by atoms with Crippen molar-refractivity contribution in [2.45, 2.75) is 43.7 Å². The summed E-state index contributed by atoms with van der Waals surface area (Å²) in [7, 11) is -4.77. The maximum absolute atomic E-state index is 12.9. The van der Waals surface area contributed by atoms with Crippen molar-refractivity contribution in [1.29, 1.82) is 0 Å². The Bertz CT molecular complexity index is 593. The summed E-state index contributed by atoms with van der Waals surface area (Å²) in [5, 5.41) is 0. The molecule has 0 bridgehead atoms. The van der Waals surface area contributed by atoms with Crippen LogP contribution in [0.5, 0.6) is 0 Å². The monoisotopic (exact) mass is 303 g/mol. The molecule has 0 spiro atoms. The topological polar surface area (TPSA) is 86.5 Å². The third kappa shape index (κ3) is 5.26. The summed E-state index contributed by atoms with van der Waals surface area (Å²) in [4.78, 5) is 11.3. The lowest BCUT2D eigenvalue weighted by Gasteiger charge is -2.22. The summed E-state index contributed by atoms with van der Waals surface area (Å²) in [5.41, 5.74) is 5.49. The van der Waals surface area contributed by atoms with Gasteiger partial charge in [-0.2, -0.15) is 8.42 Å². The Hall–Kier alpha value is -1.47. The first-order chi connectivity index (χ1) is 8.99. The Morgan fingerprint density at radius 3 is 2.50 bits per heavy atom. The summed E-state index contributed by atoms with van der Waals surface area (Å²) in [5.74, 6) is -0.592. The molecule has 0 amide bonds. The smallest absolute Gasteiger partial charge is 0.332 e. The van der Waals surface area contributed by atoms with E-state index in [4.69, 9.17) is 10.5 Å². The van der Waals surface area contributed by atoms with E-state index in [2.05, 4.69) is 0 Å². The van der Waals surface area contributed by atoms with Gasteiger partial charge in [0.1, 0.15) is 11.6 Å². The van der Waals surface area contributed by atoms with Crippen LogP contribution in [0.2, 0.25) is 0 Å². The first-order valence-corrected chi connectivity index (χ1v) is 7.39. The molecule has 0 aliphatic carbocycles. The van der Waals surface area contributed by atoms with Crippen molar-refractivity contribution >= 4 is 16.2 Å². The molecule has 20 heavy (non-hydrogen) atoms. The molecule has 0 aliphatic rings. The molecule has 1 atom stereocenters. The third-order valence-corrected chi connectivity index (χ3v) is 3.16. The molecule has 1 rings (SSSR count). The van der Waals surface area contributed by atoms with Gasteiger partial charge in [-0.1, -0.05) is 12.1 Å². The molecule has 0 aromatic heterocycles. The minimum atomic E-state index is -4.77. The molecule has 0 heterocycles. The lowest BCUT2D eigenvalue weighted by molar-refractivity contribution is -0.156. The van der Waals surface area contributed by atoms with Crippen molar-refractivity contribution in [3.8, 4) is 0 Å². The first kappa shape index (κ1) is 16.6. The molecule has 0 radical (unpaired) electrons. The van der Waals surface area contributed by atoms with Crippen LogP contribution >= 0.6 is 0 Å². The number of carbonyl (C=O) groups excluding carboxylic acids is 1. The van der Waals surface area contributed by atoms with E-state index in [1.165, 1.54) is 6.07 Å². The highest BCUT2D eigenvalue weighted by Gasteiger charge is 2.22. The molecule has 1 aromatic carbocycles. The van der Waals surface area contributed by atoms with Crippen molar-refractivity contribution in [1.82, 2.24) is 0 Å². The van der Waals surface area contributed by atoms with E-state index >= 15 is 0 Å². The number of benzene rings is 1. The lowest BCUT2D eigenvalue weighted by atomic mass is 10.1. The van der Waals surface area contributed by atoms with E-state index in [-0.39, 0.29) is 6.42 Å². The van der Waals surface area contributed by atoms with Crippen LogP contribution in [0.1, 0.15) is 26.3 Å². The number of hydrogen-bond acceptors (Lipinski definition) is 5. The quantitative estimate of drug-likeness (QED) is 0.674. The lowest BCUT2D eigenvalue weighted by Crippen LogP contribution is -2.38. The number of halogens is 1. The van der Waals surface area contributed by atoms with Crippen LogP contribution < -0.4 is 5.73 Å². The summed E-state index contributed by atoms with van der Waals surface area (Å²) < 4.78 is 39.6. The predicted octanol–water partition coefficient (Wildman–Crippen LogP) is 1.56. The number of esters is 1. The summed E-state index contributed by atoms with van der Waals surface area (Å²) >= 11 is 0. The van der Waals surface area contributed by atoms with Gasteiger partial charge in [-0.25, -0.2) is 0 Å². The highest BCUT2D eigenvalue weighted by molar-refractivity contribution is 7.86. The van der Waals surface area contributed by atoms with Gasteiger partial charge in [0.25, 0.3) is 0 Å². The molecule has 5 nitrogen and oxygen atoms in total. The van der Waals surface area contributed by atoms with Gasteiger partial charge in [-0.05, 0) is 44.9 Å². The molecule has 7 heteroatoms. The van der Waals surface area contributed by atoms with E-state index in [1.54, 1.807) is 26.8 Å². The largest absolute Gasteiger partial charge is 0.459 e. The molecule has 112 valence electrons. The Morgan fingerprint density at radius 2 is 2.00 bits per heavy atom. The van der Waals surface area contributed by atoms with Gasteiger partial charge < -0.3 is 10.5 Å². The van der Waals surface area contributed by atoms with Crippen LogP contribution in [-0.4, -0.2) is 26.0 Å². The van der Waals surface area contributed by atoms with E-state index in [1.807, 2.05) is 0 Å². The standard InChI is InChI=1S/C13H18FNO4S/c1-13(2,3)19-12(16)11(15)8-9-5-4-6-10(7-9)20(14,17)18/h4-7,11H,8,15H2,1-3H3/t11-/m0/s1. The zero-order chi connectivity index (χ0) is 15.6. The highest BCUT2D eigenvalue weighted by atomic mass is 32.3. The van der Waals surface area contributed by atoms with Crippen LogP contribution in [0.25, 0.3) is 0 Å². The Labute approximate surface area is 118 Å². The van der Waals surface area contributed by atoms with Gasteiger partial charge in [0.05, 0.1) is 4.90 Å². The van der Waals surface area contributed by atoms with E-state index in [9.17, 15) is 17.1 Å². The minimum absolute atomic E-state index is 0.0677. The summed E-state index contributed by atoms with van der Waals surface area (Å²) in [6.45, 7) is 5.15. The van der Waals surface area contributed by atoms with Crippen molar-refractivity contribution < 1.29 is 21.8 Å². The zero-order valence-corrected chi connectivity index (χ0v) is 12.4. The second-order valence-electron chi connectivity index (χ2n) is 5.43. The van der Waals surface area contributed by atoms with Gasteiger partial charge in [-0.15, -0.1) is 3.89 Å². The molecule has 1 aromatic rings. The third-order valence-electron chi connectivity index (χ3n) is 2.35. The van der Waals surface area contributed by atoms with Gasteiger partial charge in [0, 0.05) is 0 Å². The first-order valence-electron chi connectivity index (χ1n) is 6.01. The molecule has 0 fully saturated rings. The number of nitrogens with two attached hydrogens (primary N) is 1. The predicted molar refractivity (Wildman–Crippen MR) is 72.3 cm³/mol. The fourth-order valence-electron chi connectivity index (χ4n) is 1.54. The summed E-state index contributed by atoms with van der Waals surface area (Å²) in [6.07, 6.45) is 0.0677. The van der Waals surface area contributed by atoms with Crippen LogP contribution in [0, 0.1) is 0 Å². The molecular weight excluding hydrogens is 285 g/mol. The van der Waals surface area contributed by atoms with Crippen LogP contribution in [0.3, 0.4) is 0 Å². The van der Waals surface area contributed by atoms with Crippen molar-refractivity contribution in [3.05, 3.63) is 29.8 Å².